The number of hydrogen-bond donors (Lipinski definition) is 13. The fourth-order valence-corrected chi connectivity index (χ4v) is 7.52. The lowest BCUT2D eigenvalue weighted by atomic mass is 10.0. The van der Waals surface area contributed by atoms with E-state index in [0.29, 0.717) is 25.1 Å². The quantitative estimate of drug-likeness (QED) is 0.0276. The smallest absolute Gasteiger partial charge is 0.326 e. The van der Waals surface area contributed by atoms with Gasteiger partial charge in [-0.05, 0) is 68.6 Å². The van der Waals surface area contributed by atoms with Crippen molar-refractivity contribution >= 4 is 82.5 Å². The third-order valence-corrected chi connectivity index (χ3v) is 11.1. The number of urea groups is 1. The van der Waals surface area contributed by atoms with Gasteiger partial charge in [0.25, 0.3) is 0 Å². The summed E-state index contributed by atoms with van der Waals surface area (Å²) in [5.41, 5.74) is 1.38. The molecule has 0 aliphatic carbocycles. The maximum atomic E-state index is 12.4. The molecule has 0 saturated carbocycles. The Hall–Kier alpha value is -6.59. The van der Waals surface area contributed by atoms with Crippen molar-refractivity contribution in [2.24, 2.45) is 0 Å². The topological polar surface area (TPSA) is 397 Å². The van der Waals surface area contributed by atoms with Crippen LogP contribution in [0.2, 0.25) is 0 Å². The predicted molar refractivity (Wildman–Crippen MR) is 255 cm³/mol. The van der Waals surface area contributed by atoms with Crippen LogP contribution in [-0.2, 0) is 49.6 Å². The van der Waals surface area contributed by atoms with E-state index in [9.17, 15) is 78.6 Å². The molecule has 3 atom stereocenters. The fraction of sp³-hybridized carbons (Fsp3) is 0.605. The van der Waals surface area contributed by atoms with Gasteiger partial charge in [0.2, 0.25) is 5.91 Å². The summed E-state index contributed by atoms with van der Waals surface area (Å²) in [5.74, 6) is -9.11. The number of nitrogens with one attached hydrogen (secondary N) is 6. The van der Waals surface area contributed by atoms with Crippen LogP contribution in [0.5, 0.6) is 0 Å². The number of rotatable bonds is 31. The summed E-state index contributed by atoms with van der Waals surface area (Å²) in [7, 11) is 0. The zero-order chi connectivity index (χ0) is 52.9. The number of unbranched alkanes of at least 4 members (excludes halogenated alkanes) is 1. The zero-order valence-electron chi connectivity index (χ0n) is 39.2. The van der Waals surface area contributed by atoms with Crippen LogP contribution in [0.15, 0.2) is 24.3 Å². The molecule has 1 aliphatic rings. The number of benzene rings is 1. The minimum absolute atomic E-state index is 0.00558. The standard InChI is InChI=1S/C43H66N10O17S/c54-31(22-44-12-2-1-3-32(40(66)67)48-42(70)49-33(41(68)69)9-11-35(56)57)8-10-34(55)45-13-14-46-43(71)47-29-6-4-28(5-7-29)21-30-23-52(26-38(62)63)18-17-50(24-36(58)59)15-16-51(25-37(60)61)19-20-53(30)27-39(64)65/h4-7,30,32-33,44H,1-3,8-27H2,(H,45,55)(H,56,57)(H,58,59)(H,60,61)(H,62,63)(H,64,65)(H,66,67)(H,68,69)(H2,46,47,71)(H2,48,49,70)/t30?,32-,33-/m0/s1. The Balaban J connectivity index is 1.82. The Morgan fingerprint density at radius 2 is 1.10 bits per heavy atom. The molecule has 0 bridgehead atoms. The number of hydrogen-bond acceptors (Lipinski definition) is 16. The Labute approximate surface area is 414 Å². The summed E-state index contributed by atoms with van der Waals surface area (Å²) >= 11 is 5.39. The lowest BCUT2D eigenvalue weighted by Crippen LogP contribution is -2.53. The molecule has 13 N–H and O–H groups in total. The maximum absolute atomic E-state index is 12.4. The van der Waals surface area contributed by atoms with E-state index in [4.69, 9.17) is 17.3 Å². The van der Waals surface area contributed by atoms with Crippen LogP contribution in [0.25, 0.3) is 0 Å². The molecule has 3 amide bonds. The molecular formula is C43H66N10O17S. The van der Waals surface area contributed by atoms with E-state index in [1.165, 1.54) is 0 Å². The van der Waals surface area contributed by atoms with Crippen molar-refractivity contribution in [3.8, 4) is 0 Å². The lowest BCUT2D eigenvalue weighted by Gasteiger charge is -2.37. The number of ketones is 1. The van der Waals surface area contributed by atoms with Crippen LogP contribution >= 0.6 is 12.2 Å². The van der Waals surface area contributed by atoms with E-state index in [1.54, 1.807) is 43.9 Å². The van der Waals surface area contributed by atoms with Crippen LogP contribution in [-0.4, -0.2) is 236 Å². The molecule has 0 radical (unpaired) electrons. The van der Waals surface area contributed by atoms with Gasteiger partial charge in [0, 0.05) is 89.9 Å². The Kier molecular flexibility index (Phi) is 28.2. The van der Waals surface area contributed by atoms with Crippen molar-refractivity contribution in [2.45, 2.75) is 69.5 Å². The largest absolute Gasteiger partial charge is 0.481 e. The maximum Gasteiger partial charge on any atom is 0.326 e. The number of carbonyl (C=O) groups excluding carboxylic acids is 3. The first kappa shape index (κ1) is 60.5. The van der Waals surface area contributed by atoms with Crippen LogP contribution < -0.4 is 31.9 Å². The normalized spacial score (nSPS) is 16.1. The summed E-state index contributed by atoms with van der Waals surface area (Å²) in [6, 6.07) is 2.59. The highest BCUT2D eigenvalue weighted by molar-refractivity contribution is 7.80. The van der Waals surface area contributed by atoms with Crippen molar-refractivity contribution in [2.75, 3.05) is 103 Å². The van der Waals surface area contributed by atoms with Gasteiger partial charge in [0.05, 0.1) is 32.7 Å². The van der Waals surface area contributed by atoms with Crippen molar-refractivity contribution in [3.63, 3.8) is 0 Å². The highest BCUT2D eigenvalue weighted by Crippen LogP contribution is 2.16. The SMILES string of the molecule is O=C(O)CC[C@H](NC(=O)N[C@@H](CCCCNCC(=O)CCC(=O)NCCNC(=S)Nc1ccc(CC2CN(CC(=O)O)CCN(CC(=O)O)CCN(CC(=O)O)CCN2CC(=O)O)cc1)C(=O)O)C(=O)O. The second-order valence-electron chi connectivity index (χ2n) is 16.7. The van der Waals surface area contributed by atoms with Crippen molar-refractivity contribution in [1.29, 1.82) is 0 Å². The molecule has 1 aromatic carbocycles. The van der Waals surface area contributed by atoms with Gasteiger partial charge < -0.3 is 67.6 Å². The number of Topliss-reactive ketones (excluding diaryl/α,β-unsaturated/α-hetero) is 1. The molecule has 0 aromatic heterocycles. The summed E-state index contributed by atoms with van der Waals surface area (Å²) < 4.78 is 0. The predicted octanol–water partition coefficient (Wildman–Crippen LogP) is -2.26. The molecule has 1 saturated heterocycles. The molecule has 1 aliphatic heterocycles. The zero-order valence-corrected chi connectivity index (χ0v) is 40.0. The third-order valence-electron chi connectivity index (χ3n) is 10.9. The lowest BCUT2D eigenvalue weighted by molar-refractivity contribution is -0.142. The van der Waals surface area contributed by atoms with Gasteiger partial charge in [-0.1, -0.05) is 12.1 Å². The molecule has 1 fully saturated rings. The third kappa shape index (κ3) is 28.0. The van der Waals surface area contributed by atoms with Gasteiger partial charge >= 0.3 is 47.8 Å². The number of carboxylic acids is 7. The molecule has 1 unspecified atom stereocenters. The van der Waals surface area contributed by atoms with Gasteiger partial charge in [-0.25, -0.2) is 14.4 Å². The number of nitrogens with zero attached hydrogens (tertiary/aromatic N) is 4. The number of aliphatic carboxylic acids is 7. The van der Waals surface area contributed by atoms with Crippen LogP contribution in [0.1, 0.15) is 50.5 Å². The first-order chi connectivity index (χ1) is 33.6. The van der Waals surface area contributed by atoms with Gasteiger partial charge in [-0.2, -0.15) is 0 Å². The van der Waals surface area contributed by atoms with Gasteiger partial charge in [0.1, 0.15) is 17.9 Å². The Morgan fingerprint density at radius 1 is 0.577 bits per heavy atom. The van der Waals surface area contributed by atoms with E-state index in [2.05, 4.69) is 31.9 Å². The number of anilines is 1. The molecule has 0 spiro atoms. The summed E-state index contributed by atoms with van der Waals surface area (Å²) in [4.78, 5) is 124. The number of carbonyl (C=O) groups is 10. The number of carboxylic acid groups (broad SMARTS) is 7. The molecule has 2 rings (SSSR count). The molecular weight excluding hydrogens is 961 g/mol. The Morgan fingerprint density at radius 3 is 1.65 bits per heavy atom. The van der Waals surface area contributed by atoms with E-state index in [0.717, 1.165) is 5.56 Å². The van der Waals surface area contributed by atoms with Crippen molar-refractivity contribution in [1.82, 2.24) is 46.2 Å². The monoisotopic (exact) mass is 1030 g/mol. The molecule has 71 heavy (non-hydrogen) atoms. The first-order valence-electron chi connectivity index (χ1n) is 22.8. The summed E-state index contributed by atoms with van der Waals surface area (Å²) in [5, 5.41) is 82.0. The van der Waals surface area contributed by atoms with Crippen LogP contribution in [0.3, 0.4) is 0 Å². The molecule has 28 heteroatoms. The highest BCUT2D eigenvalue weighted by atomic mass is 32.1. The average Bonchev–Trinajstić information content (AvgIpc) is 3.27. The van der Waals surface area contributed by atoms with E-state index >= 15 is 0 Å². The number of thiocarbonyl (C=S) groups is 1. The molecule has 1 aromatic rings. The fourth-order valence-electron chi connectivity index (χ4n) is 7.30. The van der Waals surface area contributed by atoms with E-state index < -0.39 is 85.3 Å². The second kappa shape index (κ2) is 33.1. The highest BCUT2D eigenvalue weighted by Gasteiger charge is 2.28. The van der Waals surface area contributed by atoms with E-state index in [-0.39, 0.29) is 128 Å². The van der Waals surface area contributed by atoms with Crippen molar-refractivity contribution < 1.29 is 83.7 Å². The van der Waals surface area contributed by atoms with Crippen molar-refractivity contribution in [3.05, 3.63) is 29.8 Å². The first-order valence-corrected chi connectivity index (χ1v) is 23.2. The van der Waals surface area contributed by atoms with Gasteiger partial charge in [-0.3, -0.25) is 53.2 Å². The van der Waals surface area contributed by atoms with Gasteiger partial charge in [-0.15, -0.1) is 0 Å². The molecule has 1 heterocycles. The number of amides is 3. The van der Waals surface area contributed by atoms with E-state index in [1.807, 2.05) is 0 Å². The van der Waals surface area contributed by atoms with Crippen LogP contribution in [0, 0.1) is 0 Å². The second-order valence-corrected chi connectivity index (χ2v) is 17.1. The van der Waals surface area contributed by atoms with Crippen LogP contribution in [0.4, 0.5) is 10.5 Å². The summed E-state index contributed by atoms with van der Waals surface area (Å²) in [6.07, 6.45) is 0.0106. The minimum atomic E-state index is -1.52. The molecule has 27 nitrogen and oxygen atoms in total. The molecule has 396 valence electrons. The average molecular weight is 1030 g/mol. The van der Waals surface area contributed by atoms with Gasteiger partial charge in [0.15, 0.2) is 5.11 Å². The minimum Gasteiger partial charge on any atom is -0.481 e. The summed E-state index contributed by atoms with van der Waals surface area (Å²) in [6.45, 7) is 0.415. The Bertz CT molecular complexity index is 1980.